The summed E-state index contributed by atoms with van der Waals surface area (Å²) in [5, 5.41) is 2.91. The highest BCUT2D eigenvalue weighted by Gasteiger charge is 2.09. The Balaban J connectivity index is 1.67. The molecule has 5 heteroatoms. The van der Waals surface area contributed by atoms with Gasteiger partial charge in [0.15, 0.2) is 6.61 Å². The van der Waals surface area contributed by atoms with Gasteiger partial charge in [0, 0.05) is 12.5 Å². The lowest BCUT2D eigenvalue weighted by Crippen LogP contribution is -2.36. The number of carbonyl (C=O) groups is 1. The van der Waals surface area contributed by atoms with Crippen LogP contribution in [-0.4, -0.2) is 25.2 Å². The van der Waals surface area contributed by atoms with Gasteiger partial charge in [-0.2, -0.15) is 0 Å². The summed E-state index contributed by atoms with van der Waals surface area (Å²) in [6.45, 7) is 4.52. The molecule has 0 fully saturated rings. The Kier molecular flexibility index (Phi) is 6.54. The zero-order valence-corrected chi connectivity index (χ0v) is 13.6. The predicted octanol–water partition coefficient (Wildman–Crippen LogP) is 3.19. The summed E-state index contributed by atoms with van der Waals surface area (Å²) >= 11 is 0. The van der Waals surface area contributed by atoms with Crippen LogP contribution in [0.1, 0.15) is 26.0 Å². The highest BCUT2D eigenvalue weighted by atomic mass is 16.5. The lowest BCUT2D eigenvalue weighted by atomic mass is 10.1. The van der Waals surface area contributed by atoms with Gasteiger partial charge in [0.2, 0.25) is 0 Å². The van der Waals surface area contributed by atoms with Gasteiger partial charge < -0.3 is 19.2 Å². The largest absolute Gasteiger partial charge is 0.494 e. The van der Waals surface area contributed by atoms with Gasteiger partial charge >= 0.3 is 0 Å². The minimum absolute atomic E-state index is 0.000919. The molecule has 5 nitrogen and oxygen atoms in total. The van der Waals surface area contributed by atoms with E-state index in [0.717, 1.165) is 24.4 Å². The first-order valence-electron chi connectivity index (χ1n) is 7.84. The zero-order valence-electron chi connectivity index (χ0n) is 13.6. The summed E-state index contributed by atoms with van der Waals surface area (Å²) < 4.78 is 16.1. The number of carbonyl (C=O) groups excluding carboxylic acids is 1. The van der Waals surface area contributed by atoms with E-state index in [0.29, 0.717) is 12.4 Å². The normalized spacial score (nSPS) is 11.7. The van der Waals surface area contributed by atoms with E-state index in [-0.39, 0.29) is 18.6 Å². The first kappa shape index (κ1) is 16.9. The number of aryl methyl sites for hydroxylation is 1. The van der Waals surface area contributed by atoms with Gasteiger partial charge in [-0.05, 0) is 56.7 Å². The number of nitrogens with one attached hydrogen (secondary N) is 1. The molecule has 2 aromatic rings. The molecule has 1 N–H and O–H groups in total. The van der Waals surface area contributed by atoms with Crippen molar-refractivity contribution in [2.24, 2.45) is 0 Å². The van der Waals surface area contributed by atoms with Crippen LogP contribution in [0, 0.1) is 0 Å². The van der Waals surface area contributed by atoms with Crippen molar-refractivity contribution < 1.29 is 18.7 Å². The number of ether oxygens (including phenoxy) is 2. The third-order valence-corrected chi connectivity index (χ3v) is 3.32. The quantitative estimate of drug-likeness (QED) is 0.771. The molecular formula is C18H23NO4. The summed E-state index contributed by atoms with van der Waals surface area (Å²) in [5.74, 6) is 2.23. The molecule has 1 atom stereocenters. The molecule has 0 bridgehead atoms. The first-order valence-corrected chi connectivity index (χ1v) is 7.84. The molecular weight excluding hydrogens is 294 g/mol. The van der Waals surface area contributed by atoms with Crippen molar-refractivity contribution in [2.75, 3.05) is 13.2 Å². The molecule has 1 aromatic heterocycles. The Morgan fingerprint density at radius 2 is 1.87 bits per heavy atom. The second-order valence-corrected chi connectivity index (χ2v) is 5.28. The molecule has 0 spiro atoms. The highest BCUT2D eigenvalue weighted by molar-refractivity contribution is 5.77. The number of furan rings is 1. The van der Waals surface area contributed by atoms with Crippen molar-refractivity contribution in [2.45, 2.75) is 32.7 Å². The van der Waals surface area contributed by atoms with Gasteiger partial charge in [-0.1, -0.05) is 0 Å². The molecule has 1 amide bonds. The maximum Gasteiger partial charge on any atom is 0.258 e. The number of hydrogen-bond acceptors (Lipinski definition) is 4. The minimum Gasteiger partial charge on any atom is -0.494 e. The van der Waals surface area contributed by atoms with Gasteiger partial charge in [0.25, 0.3) is 5.91 Å². The van der Waals surface area contributed by atoms with Crippen LogP contribution in [0.15, 0.2) is 47.1 Å². The van der Waals surface area contributed by atoms with Gasteiger partial charge in [-0.25, -0.2) is 0 Å². The third-order valence-electron chi connectivity index (χ3n) is 3.32. The lowest BCUT2D eigenvalue weighted by Gasteiger charge is -2.14. The lowest BCUT2D eigenvalue weighted by molar-refractivity contribution is -0.123. The van der Waals surface area contributed by atoms with Crippen LogP contribution in [0.4, 0.5) is 0 Å². The molecule has 0 aliphatic rings. The van der Waals surface area contributed by atoms with Gasteiger partial charge in [-0.15, -0.1) is 0 Å². The molecule has 0 aliphatic carbocycles. The molecule has 2 rings (SSSR count). The van der Waals surface area contributed by atoms with Crippen molar-refractivity contribution in [1.82, 2.24) is 5.32 Å². The molecule has 0 saturated carbocycles. The Bertz CT molecular complexity index is 578. The molecule has 124 valence electrons. The van der Waals surface area contributed by atoms with Crippen molar-refractivity contribution >= 4 is 5.91 Å². The van der Waals surface area contributed by atoms with Crippen LogP contribution in [0.5, 0.6) is 11.5 Å². The molecule has 0 radical (unpaired) electrons. The average molecular weight is 317 g/mol. The van der Waals surface area contributed by atoms with Gasteiger partial charge in [0.05, 0.1) is 12.9 Å². The maximum absolute atomic E-state index is 11.9. The number of hydrogen-bond donors (Lipinski definition) is 1. The number of benzene rings is 1. The Labute approximate surface area is 136 Å². The van der Waals surface area contributed by atoms with E-state index in [1.165, 1.54) is 0 Å². The average Bonchev–Trinajstić information content (AvgIpc) is 3.06. The fourth-order valence-electron chi connectivity index (χ4n) is 2.15. The fraction of sp³-hybridized carbons (Fsp3) is 0.389. The van der Waals surface area contributed by atoms with Crippen LogP contribution in [0.2, 0.25) is 0 Å². The summed E-state index contributed by atoms with van der Waals surface area (Å²) in [5.41, 5.74) is 0. The fourth-order valence-corrected chi connectivity index (χ4v) is 2.15. The molecule has 0 saturated heterocycles. The van der Waals surface area contributed by atoms with Crippen molar-refractivity contribution in [1.29, 1.82) is 0 Å². The van der Waals surface area contributed by atoms with Crippen LogP contribution in [0.3, 0.4) is 0 Å². The van der Waals surface area contributed by atoms with Crippen LogP contribution < -0.4 is 14.8 Å². The maximum atomic E-state index is 11.9. The van der Waals surface area contributed by atoms with E-state index in [2.05, 4.69) is 5.32 Å². The number of rotatable bonds is 9. The van der Waals surface area contributed by atoms with E-state index in [9.17, 15) is 4.79 Å². The van der Waals surface area contributed by atoms with E-state index < -0.39 is 0 Å². The van der Waals surface area contributed by atoms with Gasteiger partial charge in [-0.3, -0.25) is 4.79 Å². The molecule has 23 heavy (non-hydrogen) atoms. The van der Waals surface area contributed by atoms with Gasteiger partial charge in [0.1, 0.15) is 17.3 Å². The van der Waals surface area contributed by atoms with Crippen LogP contribution in [-0.2, 0) is 11.2 Å². The number of amides is 1. The zero-order chi connectivity index (χ0) is 16.5. The van der Waals surface area contributed by atoms with Crippen molar-refractivity contribution in [3.63, 3.8) is 0 Å². The van der Waals surface area contributed by atoms with E-state index >= 15 is 0 Å². The molecule has 1 aromatic carbocycles. The highest BCUT2D eigenvalue weighted by Crippen LogP contribution is 2.17. The topological polar surface area (TPSA) is 60.7 Å². The smallest absolute Gasteiger partial charge is 0.258 e. The van der Waals surface area contributed by atoms with Crippen molar-refractivity contribution in [3.8, 4) is 11.5 Å². The predicted molar refractivity (Wildman–Crippen MR) is 87.7 cm³/mol. The van der Waals surface area contributed by atoms with E-state index in [4.69, 9.17) is 13.9 Å². The Morgan fingerprint density at radius 3 is 2.48 bits per heavy atom. The van der Waals surface area contributed by atoms with Crippen LogP contribution in [0.25, 0.3) is 0 Å². The summed E-state index contributed by atoms with van der Waals surface area (Å²) in [4.78, 5) is 11.9. The Hall–Kier alpha value is -2.43. The summed E-state index contributed by atoms with van der Waals surface area (Å²) in [6.07, 6.45) is 3.28. The first-order chi connectivity index (χ1) is 11.2. The summed E-state index contributed by atoms with van der Waals surface area (Å²) in [6, 6.07) is 11.1. The third kappa shape index (κ3) is 6.06. The van der Waals surface area contributed by atoms with E-state index in [1.807, 2.05) is 38.1 Å². The molecule has 1 unspecified atom stereocenters. The van der Waals surface area contributed by atoms with Crippen LogP contribution >= 0.6 is 0 Å². The van der Waals surface area contributed by atoms with Crippen molar-refractivity contribution in [3.05, 3.63) is 48.4 Å². The molecule has 0 aliphatic heterocycles. The monoisotopic (exact) mass is 317 g/mol. The van der Waals surface area contributed by atoms with E-state index in [1.54, 1.807) is 18.4 Å². The standard InChI is InChI=1S/C18H23NO4/c1-3-21-16-8-10-17(11-9-16)23-13-18(20)19-14(2)6-7-15-5-4-12-22-15/h4-5,8-12,14H,3,6-7,13H2,1-2H3,(H,19,20). The second kappa shape index (κ2) is 8.88. The molecule has 1 heterocycles. The summed E-state index contributed by atoms with van der Waals surface area (Å²) in [7, 11) is 0. The second-order valence-electron chi connectivity index (χ2n) is 5.28. The SMILES string of the molecule is CCOc1ccc(OCC(=O)NC(C)CCc2ccco2)cc1. The minimum atomic E-state index is -0.133. The Morgan fingerprint density at radius 1 is 1.17 bits per heavy atom.